The van der Waals surface area contributed by atoms with E-state index in [1.807, 2.05) is 55.5 Å². The minimum atomic E-state index is -0.542. The molecule has 1 saturated carbocycles. The Hall–Kier alpha value is -3.00. The summed E-state index contributed by atoms with van der Waals surface area (Å²) >= 11 is 1.29. The van der Waals surface area contributed by atoms with Crippen LogP contribution in [-0.4, -0.2) is 27.9 Å². The van der Waals surface area contributed by atoms with Gasteiger partial charge in [0.2, 0.25) is 11.1 Å². The third kappa shape index (κ3) is 4.22. The number of anilines is 1. The Bertz CT molecular complexity index is 1020. The molecule has 0 bridgehead atoms. The largest absolute Gasteiger partial charge is 0.495 e. The molecule has 8 heteroatoms. The Morgan fingerprint density at radius 1 is 1.24 bits per heavy atom. The fourth-order valence-corrected chi connectivity index (χ4v) is 4.08. The fourth-order valence-electron chi connectivity index (χ4n) is 3.11. The van der Waals surface area contributed by atoms with E-state index in [4.69, 9.17) is 10.6 Å². The first kappa shape index (κ1) is 19.3. The van der Waals surface area contributed by atoms with E-state index < -0.39 is 5.25 Å². The summed E-state index contributed by atoms with van der Waals surface area (Å²) in [6.45, 7) is 1.97. The zero-order chi connectivity index (χ0) is 20.4. The molecule has 1 aliphatic rings. The molecule has 0 aliphatic heterocycles. The van der Waals surface area contributed by atoms with Gasteiger partial charge in [0.1, 0.15) is 11.0 Å². The number of nitrogens with two attached hydrogens (primary N) is 1. The second kappa shape index (κ2) is 8.16. The van der Waals surface area contributed by atoms with Gasteiger partial charge in [-0.15, -0.1) is 10.2 Å². The Balaban J connectivity index is 1.62. The summed E-state index contributed by atoms with van der Waals surface area (Å²) in [5.41, 5.74) is 2.52. The average Bonchev–Trinajstić information content (AvgIpc) is 3.50. The molecule has 3 aromatic rings. The molecule has 1 fully saturated rings. The maximum Gasteiger partial charge on any atom is 0.242 e. The van der Waals surface area contributed by atoms with Crippen LogP contribution in [0.25, 0.3) is 0 Å². The standard InChI is InChI=1S/C21H23N5O2S/c1-13-8-11-17(28-2)16(12-13)23-20(27)18(14-6-4-3-5-7-14)29-21-25-24-19(26(21)22)15-9-10-15/h3-8,11-12,15,18H,9-10,22H2,1-2H3,(H,23,27)/t18-/m0/s1. The summed E-state index contributed by atoms with van der Waals surface area (Å²) in [5.74, 6) is 7.79. The number of hydrogen-bond donors (Lipinski definition) is 2. The van der Waals surface area contributed by atoms with Gasteiger partial charge >= 0.3 is 0 Å². The van der Waals surface area contributed by atoms with Gasteiger partial charge in [0.15, 0.2) is 5.82 Å². The van der Waals surface area contributed by atoms with Crippen LogP contribution in [-0.2, 0) is 4.79 Å². The van der Waals surface area contributed by atoms with Crippen LogP contribution in [0.1, 0.15) is 41.0 Å². The first-order valence-electron chi connectivity index (χ1n) is 9.44. The van der Waals surface area contributed by atoms with Crippen LogP contribution in [0.4, 0.5) is 5.69 Å². The van der Waals surface area contributed by atoms with Crippen LogP contribution in [0.5, 0.6) is 5.75 Å². The van der Waals surface area contributed by atoms with E-state index in [0.717, 1.165) is 29.8 Å². The van der Waals surface area contributed by atoms with Crippen molar-refractivity contribution in [2.75, 3.05) is 18.3 Å². The smallest absolute Gasteiger partial charge is 0.242 e. The lowest BCUT2D eigenvalue weighted by Crippen LogP contribution is -2.21. The van der Waals surface area contributed by atoms with E-state index in [9.17, 15) is 4.79 Å². The molecule has 2 aromatic carbocycles. The number of benzene rings is 2. The molecule has 0 saturated heterocycles. The maximum atomic E-state index is 13.3. The van der Waals surface area contributed by atoms with E-state index in [-0.39, 0.29) is 5.91 Å². The Kier molecular flexibility index (Phi) is 5.44. The predicted molar refractivity (Wildman–Crippen MR) is 114 cm³/mol. The van der Waals surface area contributed by atoms with Crippen LogP contribution in [0.2, 0.25) is 0 Å². The maximum absolute atomic E-state index is 13.3. The quantitative estimate of drug-likeness (QED) is 0.457. The predicted octanol–water partition coefficient (Wildman–Crippen LogP) is 3.66. The number of methoxy groups -OCH3 is 1. The van der Waals surface area contributed by atoms with Crippen LogP contribution < -0.4 is 15.9 Å². The molecule has 1 heterocycles. The molecular weight excluding hydrogens is 386 g/mol. The lowest BCUT2D eigenvalue weighted by Gasteiger charge is -2.18. The second-order valence-corrected chi connectivity index (χ2v) is 8.16. The molecule has 1 amide bonds. The van der Waals surface area contributed by atoms with E-state index in [1.165, 1.54) is 16.4 Å². The highest BCUT2D eigenvalue weighted by atomic mass is 32.2. The Morgan fingerprint density at radius 3 is 2.69 bits per heavy atom. The molecule has 1 aliphatic carbocycles. The summed E-state index contributed by atoms with van der Waals surface area (Å²) in [4.78, 5) is 13.3. The number of nitrogens with zero attached hydrogens (tertiary/aromatic N) is 3. The molecule has 0 spiro atoms. The Labute approximate surface area is 173 Å². The van der Waals surface area contributed by atoms with Crippen molar-refractivity contribution < 1.29 is 9.53 Å². The molecule has 3 N–H and O–H groups in total. The summed E-state index contributed by atoms with van der Waals surface area (Å²) in [7, 11) is 1.58. The van der Waals surface area contributed by atoms with Gasteiger partial charge < -0.3 is 15.9 Å². The van der Waals surface area contributed by atoms with Gasteiger partial charge in [-0.25, -0.2) is 4.68 Å². The minimum absolute atomic E-state index is 0.180. The first-order chi connectivity index (χ1) is 14.1. The van der Waals surface area contributed by atoms with Gasteiger partial charge in [-0.1, -0.05) is 48.2 Å². The van der Waals surface area contributed by atoms with E-state index >= 15 is 0 Å². The number of thioether (sulfide) groups is 1. The molecular formula is C21H23N5O2S. The second-order valence-electron chi connectivity index (χ2n) is 7.09. The number of aromatic nitrogens is 3. The van der Waals surface area contributed by atoms with Crippen molar-refractivity contribution in [1.82, 2.24) is 14.9 Å². The number of carbonyl (C=O) groups excluding carboxylic acids is 1. The van der Waals surface area contributed by atoms with Crippen LogP contribution in [0.15, 0.2) is 53.7 Å². The lowest BCUT2D eigenvalue weighted by molar-refractivity contribution is -0.115. The van der Waals surface area contributed by atoms with Crippen molar-refractivity contribution in [2.24, 2.45) is 0 Å². The van der Waals surface area contributed by atoms with Crippen molar-refractivity contribution in [3.8, 4) is 5.75 Å². The number of amides is 1. The van der Waals surface area contributed by atoms with E-state index in [0.29, 0.717) is 22.5 Å². The summed E-state index contributed by atoms with van der Waals surface area (Å²) in [5, 5.41) is 11.4. The molecule has 4 rings (SSSR count). The number of hydrogen-bond acceptors (Lipinski definition) is 6. The Morgan fingerprint density at radius 2 is 2.00 bits per heavy atom. The minimum Gasteiger partial charge on any atom is -0.495 e. The van der Waals surface area contributed by atoms with Crippen molar-refractivity contribution in [2.45, 2.75) is 36.1 Å². The SMILES string of the molecule is COc1ccc(C)cc1NC(=O)[C@@H](Sc1nnc(C2CC2)n1N)c1ccccc1. The van der Waals surface area contributed by atoms with Crippen molar-refractivity contribution >= 4 is 23.4 Å². The highest BCUT2D eigenvalue weighted by Crippen LogP contribution is 2.41. The lowest BCUT2D eigenvalue weighted by atomic mass is 10.1. The number of aryl methyl sites for hydroxylation is 1. The number of rotatable bonds is 7. The zero-order valence-electron chi connectivity index (χ0n) is 16.3. The van der Waals surface area contributed by atoms with Crippen LogP contribution in [0, 0.1) is 6.92 Å². The van der Waals surface area contributed by atoms with Gasteiger partial charge in [0.25, 0.3) is 0 Å². The highest BCUT2D eigenvalue weighted by molar-refractivity contribution is 8.00. The van der Waals surface area contributed by atoms with E-state index in [1.54, 1.807) is 7.11 Å². The fraction of sp³-hybridized carbons (Fsp3) is 0.286. The van der Waals surface area contributed by atoms with Crippen LogP contribution in [0.3, 0.4) is 0 Å². The summed E-state index contributed by atoms with van der Waals surface area (Å²) < 4.78 is 6.91. The highest BCUT2D eigenvalue weighted by Gasteiger charge is 2.32. The molecule has 0 unspecified atom stereocenters. The third-order valence-corrected chi connectivity index (χ3v) is 6.02. The zero-order valence-corrected chi connectivity index (χ0v) is 17.1. The first-order valence-corrected chi connectivity index (χ1v) is 10.3. The van der Waals surface area contributed by atoms with Crippen molar-refractivity contribution in [3.63, 3.8) is 0 Å². The molecule has 1 aromatic heterocycles. The van der Waals surface area contributed by atoms with Gasteiger partial charge in [0.05, 0.1) is 12.8 Å². The monoisotopic (exact) mass is 409 g/mol. The number of nitrogens with one attached hydrogen (secondary N) is 1. The number of nitrogen functional groups attached to an aromatic ring is 1. The third-order valence-electron chi connectivity index (χ3n) is 4.81. The number of ether oxygens (including phenoxy) is 1. The molecule has 1 atom stereocenters. The molecule has 7 nitrogen and oxygen atoms in total. The molecule has 150 valence electrons. The topological polar surface area (TPSA) is 95.1 Å². The normalized spacial score (nSPS) is 14.4. The van der Waals surface area contributed by atoms with Gasteiger partial charge in [-0.05, 0) is 43.0 Å². The van der Waals surface area contributed by atoms with Gasteiger partial charge in [-0.3, -0.25) is 4.79 Å². The van der Waals surface area contributed by atoms with Gasteiger partial charge in [-0.2, -0.15) is 0 Å². The number of carbonyl (C=O) groups is 1. The average molecular weight is 410 g/mol. The van der Waals surface area contributed by atoms with Crippen molar-refractivity contribution in [3.05, 3.63) is 65.5 Å². The summed E-state index contributed by atoms with van der Waals surface area (Å²) in [6.07, 6.45) is 2.16. The van der Waals surface area contributed by atoms with E-state index in [2.05, 4.69) is 15.5 Å². The molecule has 0 radical (unpaired) electrons. The summed E-state index contributed by atoms with van der Waals surface area (Å²) in [6, 6.07) is 15.2. The van der Waals surface area contributed by atoms with Gasteiger partial charge in [0, 0.05) is 5.92 Å². The van der Waals surface area contributed by atoms with Crippen LogP contribution >= 0.6 is 11.8 Å². The molecule has 29 heavy (non-hydrogen) atoms. The van der Waals surface area contributed by atoms with Crippen molar-refractivity contribution in [1.29, 1.82) is 0 Å².